The first kappa shape index (κ1) is 20.7. The van der Waals surface area contributed by atoms with E-state index in [9.17, 15) is 28.5 Å². The van der Waals surface area contributed by atoms with Crippen molar-refractivity contribution >= 4 is 21.4 Å². The molecule has 5 unspecified atom stereocenters. The van der Waals surface area contributed by atoms with E-state index < -0.39 is 53.3 Å². The summed E-state index contributed by atoms with van der Waals surface area (Å²) in [7, 11) is -4.80. The summed E-state index contributed by atoms with van der Waals surface area (Å²) in [5.74, 6) is 0.114. The average molecular weight is 418 g/mol. The minimum Gasteiger partial charge on any atom is -0.462 e. The van der Waals surface area contributed by atoms with E-state index >= 15 is 0 Å². The maximum absolute atomic E-state index is 11.5. The number of aliphatic hydroxyl groups is 3. The highest BCUT2D eigenvalue weighted by Crippen LogP contribution is 2.27. The van der Waals surface area contributed by atoms with Crippen LogP contribution >= 0.6 is 0 Å². The number of aliphatic hydroxyl groups excluding tert-OH is 3. The summed E-state index contributed by atoms with van der Waals surface area (Å²) in [5, 5.41) is 30.6. The van der Waals surface area contributed by atoms with Crippen molar-refractivity contribution in [1.82, 2.24) is 0 Å². The highest BCUT2D eigenvalue weighted by Gasteiger charge is 2.45. The third-order valence-electron chi connectivity index (χ3n) is 4.22. The molecule has 0 aliphatic carbocycles. The van der Waals surface area contributed by atoms with E-state index in [0.717, 1.165) is 0 Å². The lowest BCUT2D eigenvalue weighted by atomic mass is 9.99. The number of hydrogen-bond donors (Lipinski definition) is 4. The third-order valence-corrected chi connectivity index (χ3v) is 4.66. The van der Waals surface area contributed by atoms with Gasteiger partial charge in [-0.05, 0) is 24.6 Å². The molecule has 11 nitrogen and oxygen atoms in total. The Morgan fingerprint density at radius 3 is 2.50 bits per heavy atom. The molecule has 1 aromatic heterocycles. The molecule has 0 saturated carbocycles. The van der Waals surface area contributed by atoms with Crippen molar-refractivity contribution < 1.29 is 46.4 Å². The van der Waals surface area contributed by atoms with Gasteiger partial charge < -0.3 is 29.2 Å². The maximum atomic E-state index is 11.5. The van der Waals surface area contributed by atoms with Gasteiger partial charge in [-0.25, -0.2) is 8.98 Å². The normalized spacial score (nSPS) is 28.4. The van der Waals surface area contributed by atoms with Crippen molar-refractivity contribution in [3.05, 3.63) is 40.2 Å². The second-order valence-electron chi connectivity index (χ2n) is 6.25. The lowest BCUT2D eigenvalue weighted by Gasteiger charge is -2.39. The molecule has 12 heteroatoms. The summed E-state index contributed by atoms with van der Waals surface area (Å²) in [4.78, 5) is 11.5. The molecule has 2 heterocycles. The molecule has 2 aromatic rings. The van der Waals surface area contributed by atoms with Crippen molar-refractivity contribution in [2.24, 2.45) is 0 Å². The van der Waals surface area contributed by atoms with Crippen LogP contribution in [0, 0.1) is 6.92 Å². The van der Waals surface area contributed by atoms with E-state index in [4.69, 9.17) is 18.4 Å². The predicted octanol–water partition coefficient (Wildman–Crippen LogP) is -0.893. The van der Waals surface area contributed by atoms with Crippen LogP contribution in [-0.4, -0.2) is 65.6 Å². The summed E-state index contributed by atoms with van der Waals surface area (Å²) in [6, 6.07) is 5.82. The zero-order valence-corrected chi connectivity index (χ0v) is 15.3. The summed E-state index contributed by atoms with van der Waals surface area (Å²) in [5.41, 5.74) is 0.351. The quantitative estimate of drug-likeness (QED) is 0.350. The first-order valence-corrected chi connectivity index (χ1v) is 9.44. The van der Waals surface area contributed by atoms with Gasteiger partial charge in [0.2, 0.25) is 6.29 Å². The third kappa shape index (κ3) is 4.50. The lowest BCUT2D eigenvalue weighted by Crippen LogP contribution is -2.60. The Labute approximate surface area is 158 Å². The van der Waals surface area contributed by atoms with E-state index in [2.05, 4.69) is 4.18 Å². The monoisotopic (exact) mass is 418 g/mol. The van der Waals surface area contributed by atoms with Crippen LogP contribution in [0.15, 0.2) is 33.5 Å². The molecule has 1 aromatic carbocycles. The minimum absolute atomic E-state index is 0.114. The SMILES string of the molecule is Cc1cc(=O)oc2cc(OC3OC(COS(=O)(=O)O)C(O)C(O)C3O)ccc12. The number of hydrogen-bond acceptors (Lipinski definition) is 10. The number of benzene rings is 1. The maximum Gasteiger partial charge on any atom is 0.397 e. The van der Waals surface area contributed by atoms with Crippen LogP contribution in [0.3, 0.4) is 0 Å². The molecule has 0 bridgehead atoms. The van der Waals surface area contributed by atoms with Gasteiger partial charge in [-0.1, -0.05) is 0 Å². The van der Waals surface area contributed by atoms with Crippen molar-refractivity contribution in [3.63, 3.8) is 0 Å². The van der Waals surface area contributed by atoms with Gasteiger partial charge in [-0.2, -0.15) is 8.42 Å². The van der Waals surface area contributed by atoms with Crippen LogP contribution in [0.4, 0.5) is 0 Å². The Morgan fingerprint density at radius 1 is 1.11 bits per heavy atom. The topological polar surface area (TPSA) is 173 Å². The Hall–Kier alpha value is -2.06. The van der Waals surface area contributed by atoms with Crippen molar-refractivity contribution in [3.8, 4) is 5.75 Å². The summed E-state index contributed by atoms with van der Waals surface area (Å²) >= 11 is 0. The standard InChI is InChI=1S/C16H18O11S/c1-7-4-12(17)26-10-5-8(2-3-9(7)10)25-16-15(20)14(19)13(18)11(27-16)6-24-28(21,22)23/h2-5,11,13-16,18-20H,6H2,1H3,(H,21,22,23). The second-order valence-corrected chi connectivity index (χ2v) is 7.34. The molecular formula is C16H18O11S. The first-order chi connectivity index (χ1) is 13.0. The minimum atomic E-state index is -4.80. The molecule has 154 valence electrons. The van der Waals surface area contributed by atoms with Gasteiger partial charge in [0.25, 0.3) is 0 Å². The van der Waals surface area contributed by atoms with Gasteiger partial charge in [0.1, 0.15) is 35.7 Å². The Balaban J connectivity index is 1.81. The van der Waals surface area contributed by atoms with E-state index in [0.29, 0.717) is 10.9 Å². The highest BCUT2D eigenvalue weighted by atomic mass is 32.3. The number of rotatable bonds is 5. The second kappa shape index (κ2) is 7.75. The number of fused-ring (bicyclic) bond motifs is 1. The molecular weight excluding hydrogens is 400 g/mol. The van der Waals surface area contributed by atoms with Crippen molar-refractivity contribution in [2.75, 3.05) is 6.61 Å². The van der Waals surface area contributed by atoms with Crippen molar-refractivity contribution in [2.45, 2.75) is 37.6 Å². The molecule has 1 aliphatic heterocycles. The molecule has 1 aliphatic rings. The molecule has 0 radical (unpaired) electrons. The molecule has 0 amide bonds. The number of ether oxygens (including phenoxy) is 2. The van der Waals surface area contributed by atoms with E-state index in [1.807, 2.05) is 0 Å². The van der Waals surface area contributed by atoms with Gasteiger partial charge in [-0.3, -0.25) is 4.55 Å². The Bertz CT molecular complexity index is 1010. The smallest absolute Gasteiger partial charge is 0.397 e. The lowest BCUT2D eigenvalue weighted by molar-refractivity contribution is -0.276. The molecule has 1 saturated heterocycles. The van der Waals surface area contributed by atoms with Crippen LogP contribution in [-0.2, 0) is 19.3 Å². The van der Waals surface area contributed by atoms with Gasteiger partial charge in [0.05, 0.1) is 6.61 Å². The van der Waals surface area contributed by atoms with Gasteiger partial charge in [-0.15, -0.1) is 0 Å². The summed E-state index contributed by atoms with van der Waals surface area (Å²) in [6.45, 7) is 0.904. The van der Waals surface area contributed by atoms with Crippen LogP contribution in [0.2, 0.25) is 0 Å². The molecule has 0 spiro atoms. The van der Waals surface area contributed by atoms with E-state index in [1.165, 1.54) is 18.2 Å². The Kier molecular flexibility index (Phi) is 5.72. The Morgan fingerprint density at radius 2 is 1.82 bits per heavy atom. The largest absolute Gasteiger partial charge is 0.462 e. The number of aryl methyl sites for hydroxylation is 1. The fraction of sp³-hybridized carbons (Fsp3) is 0.438. The summed E-state index contributed by atoms with van der Waals surface area (Å²) in [6.07, 6.45) is -8.06. The highest BCUT2D eigenvalue weighted by molar-refractivity contribution is 7.80. The molecule has 4 N–H and O–H groups in total. The first-order valence-electron chi connectivity index (χ1n) is 8.08. The van der Waals surface area contributed by atoms with Gasteiger partial charge >= 0.3 is 16.0 Å². The van der Waals surface area contributed by atoms with Crippen LogP contribution in [0.1, 0.15) is 5.56 Å². The summed E-state index contributed by atoms with van der Waals surface area (Å²) < 4.78 is 50.0. The fourth-order valence-electron chi connectivity index (χ4n) is 2.82. The van der Waals surface area contributed by atoms with Crippen LogP contribution in [0.25, 0.3) is 11.0 Å². The van der Waals surface area contributed by atoms with Crippen LogP contribution < -0.4 is 10.4 Å². The molecule has 3 rings (SSSR count). The predicted molar refractivity (Wildman–Crippen MR) is 92.0 cm³/mol. The van der Waals surface area contributed by atoms with Gasteiger partial charge in [0.15, 0.2) is 0 Å². The average Bonchev–Trinajstić information content (AvgIpc) is 2.60. The molecule has 5 atom stereocenters. The van der Waals surface area contributed by atoms with E-state index in [-0.39, 0.29) is 11.3 Å². The van der Waals surface area contributed by atoms with Gasteiger partial charge in [0, 0.05) is 17.5 Å². The molecule has 1 fully saturated rings. The van der Waals surface area contributed by atoms with Crippen molar-refractivity contribution in [1.29, 1.82) is 0 Å². The van der Waals surface area contributed by atoms with Crippen LogP contribution in [0.5, 0.6) is 5.75 Å². The zero-order valence-electron chi connectivity index (χ0n) is 14.5. The van der Waals surface area contributed by atoms with E-state index in [1.54, 1.807) is 13.0 Å². The fourth-order valence-corrected chi connectivity index (χ4v) is 3.12. The molecule has 28 heavy (non-hydrogen) atoms. The zero-order chi connectivity index (χ0) is 20.6.